The summed E-state index contributed by atoms with van der Waals surface area (Å²) < 4.78 is 255. The first kappa shape index (κ1) is 37.1. The number of halogens is 19. The van der Waals surface area contributed by atoms with Gasteiger partial charge in [0.2, 0.25) is 0 Å². The highest BCUT2D eigenvalue weighted by Crippen LogP contribution is 2.61. The molecule has 0 amide bonds. The first-order chi connectivity index (χ1) is 16.8. The Bertz CT molecular complexity index is 851. The Kier molecular flexibility index (Phi) is 10.3. The van der Waals surface area contributed by atoms with Crippen molar-refractivity contribution in [1.29, 1.82) is 0 Å². The van der Waals surface area contributed by atoms with Crippen LogP contribution in [0.25, 0.3) is 0 Å². The predicted octanol–water partition coefficient (Wildman–Crippen LogP) is 7.47. The van der Waals surface area contributed by atoms with Gasteiger partial charge in [-0.05, 0) is 6.42 Å². The van der Waals surface area contributed by atoms with Gasteiger partial charge in [0.25, 0.3) is 0 Å². The third kappa shape index (κ3) is 7.04. The lowest BCUT2D eigenvalue weighted by Crippen LogP contribution is -2.71. The SMILES string of the molecule is CCC(C)C(=O)OCCC(F)(F)OC(F)(F)C(F)(F)OC(F)(F)C(F)(F)C(F)(F)C(F)(F)C(F)(F)C(F)(F)F. The van der Waals surface area contributed by atoms with E-state index in [1.54, 1.807) is 0 Å². The highest BCUT2D eigenvalue weighted by molar-refractivity contribution is 5.71. The second kappa shape index (κ2) is 10.8. The quantitative estimate of drug-likeness (QED) is 0.148. The summed E-state index contributed by atoms with van der Waals surface area (Å²) in [6.07, 6.45) is -38.8. The summed E-state index contributed by atoms with van der Waals surface area (Å²) in [5, 5.41) is 0. The van der Waals surface area contributed by atoms with Crippen molar-refractivity contribution in [3.63, 3.8) is 0 Å². The molecule has 0 spiro atoms. The Morgan fingerprint density at radius 1 is 0.590 bits per heavy atom. The van der Waals surface area contributed by atoms with Crippen molar-refractivity contribution in [2.24, 2.45) is 5.92 Å². The van der Waals surface area contributed by atoms with Crippen LogP contribution in [0.5, 0.6) is 0 Å². The lowest BCUT2D eigenvalue weighted by Gasteiger charge is -2.40. The summed E-state index contributed by atoms with van der Waals surface area (Å²) in [5.41, 5.74) is 0. The molecule has 4 nitrogen and oxygen atoms in total. The Morgan fingerprint density at radius 2 is 0.974 bits per heavy atom. The number of alkyl halides is 19. The number of esters is 1. The van der Waals surface area contributed by atoms with Crippen molar-refractivity contribution in [1.82, 2.24) is 0 Å². The van der Waals surface area contributed by atoms with Crippen molar-refractivity contribution in [3.8, 4) is 0 Å². The molecule has 0 fully saturated rings. The largest absolute Gasteiger partial charge is 0.465 e. The number of rotatable bonds is 14. The zero-order valence-corrected chi connectivity index (χ0v) is 18.5. The lowest BCUT2D eigenvalue weighted by molar-refractivity contribution is -0.544. The fourth-order valence-electron chi connectivity index (χ4n) is 1.92. The summed E-state index contributed by atoms with van der Waals surface area (Å²) in [4.78, 5) is 11.2. The summed E-state index contributed by atoms with van der Waals surface area (Å²) in [6.45, 7) is 0.953. The predicted molar refractivity (Wildman–Crippen MR) is 82.8 cm³/mol. The van der Waals surface area contributed by atoms with E-state index in [0.29, 0.717) is 0 Å². The molecular weight excluding hydrogens is 617 g/mol. The van der Waals surface area contributed by atoms with Crippen LogP contribution in [0.15, 0.2) is 0 Å². The van der Waals surface area contributed by atoms with Crippen LogP contribution < -0.4 is 0 Å². The standard InChI is InChI=1S/C16H13F19O4/c1-3-6(2)7(36)37-5-4-8(17,18)38-15(32,33)16(34,35)39-14(30,31)12(25,26)10(21,22)9(19,20)11(23,24)13(27,28)29/h6H,3-5H2,1-2H3. The maximum absolute atomic E-state index is 13.4. The molecule has 0 saturated heterocycles. The number of ether oxygens (including phenoxy) is 3. The van der Waals surface area contributed by atoms with Crippen LogP contribution >= 0.6 is 0 Å². The van der Waals surface area contributed by atoms with E-state index in [4.69, 9.17) is 0 Å². The van der Waals surface area contributed by atoms with Gasteiger partial charge >= 0.3 is 60.3 Å². The van der Waals surface area contributed by atoms with Gasteiger partial charge < -0.3 is 4.74 Å². The molecule has 0 aromatic rings. The monoisotopic (exact) mass is 630 g/mol. The molecular formula is C16H13F19O4. The van der Waals surface area contributed by atoms with Crippen LogP contribution in [0.3, 0.4) is 0 Å². The topological polar surface area (TPSA) is 44.8 Å². The van der Waals surface area contributed by atoms with Crippen molar-refractivity contribution in [3.05, 3.63) is 0 Å². The molecule has 1 atom stereocenters. The minimum Gasteiger partial charge on any atom is -0.465 e. The van der Waals surface area contributed by atoms with Gasteiger partial charge in [0.15, 0.2) is 0 Å². The van der Waals surface area contributed by atoms with Crippen LogP contribution in [0.1, 0.15) is 26.7 Å². The van der Waals surface area contributed by atoms with Crippen LogP contribution in [-0.2, 0) is 19.0 Å². The average Bonchev–Trinajstić information content (AvgIpc) is 2.69. The fraction of sp³-hybridized carbons (Fsp3) is 0.938. The zero-order valence-electron chi connectivity index (χ0n) is 18.5. The molecule has 1 unspecified atom stereocenters. The molecule has 23 heteroatoms. The molecule has 0 aliphatic rings. The van der Waals surface area contributed by atoms with Crippen molar-refractivity contribution < 1.29 is 102 Å². The molecule has 0 heterocycles. The Morgan fingerprint density at radius 3 is 1.36 bits per heavy atom. The first-order valence-electron chi connectivity index (χ1n) is 9.44. The van der Waals surface area contributed by atoms with E-state index in [9.17, 15) is 88.2 Å². The van der Waals surface area contributed by atoms with Gasteiger partial charge in [-0.25, -0.2) is 9.47 Å². The Hall–Kier alpha value is -1.94. The van der Waals surface area contributed by atoms with Crippen molar-refractivity contribution >= 4 is 5.97 Å². The van der Waals surface area contributed by atoms with Gasteiger partial charge in [0.05, 0.1) is 18.9 Å². The van der Waals surface area contributed by atoms with Crippen LogP contribution in [0, 0.1) is 5.92 Å². The molecule has 0 bridgehead atoms. The number of carbonyl (C=O) groups excluding carboxylic acids is 1. The molecule has 0 aromatic heterocycles. The summed E-state index contributed by atoms with van der Waals surface area (Å²) in [7, 11) is 0. The molecule has 0 aliphatic heterocycles. The molecule has 0 saturated carbocycles. The van der Waals surface area contributed by atoms with Gasteiger partial charge in [0.1, 0.15) is 0 Å². The smallest absolute Gasteiger partial charge is 0.460 e. The minimum absolute atomic E-state index is 0.0467. The van der Waals surface area contributed by atoms with E-state index in [1.165, 1.54) is 18.6 Å². The first-order valence-corrected chi connectivity index (χ1v) is 9.44. The summed E-state index contributed by atoms with van der Waals surface area (Å²) in [6, 6.07) is 0. The molecule has 0 radical (unpaired) electrons. The Balaban J connectivity index is 6.02. The Labute approximate surface area is 203 Å². The van der Waals surface area contributed by atoms with Crippen molar-refractivity contribution in [2.75, 3.05) is 6.61 Å². The van der Waals surface area contributed by atoms with Gasteiger partial charge in [-0.15, -0.1) is 0 Å². The van der Waals surface area contributed by atoms with E-state index in [1.807, 2.05) is 0 Å². The average molecular weight is 630 g/mol. The van der Waals surface area contributed by atoms with Crippen LogP contribution in [0.4, 0.5) is 83.4 Å². The number of hydrogen-bond donors (Lipinski definition) is 0. The van der Waals surface area contributed by atoms with E-state index in [0.717, 1.165) is 0 Å². The van der Waals surface area contributed by atoms with Crippen LogP contribution in [-0.4, -0.2) is 66.9 Å². The molecule has 0 N–H and O–H groups in total. The normalized spacial score (nSPS) is 16.3. The summed E-state index contributed by atoms with van der Waals surface area (Å²) >= 11 is 0. The number of carbonyl (C=O) groups is 1. The lowest BCUT2D eigenvalue weighted by atomic mass is 9.97. The van der Waals surface area contributed by atoms with Gasteiger partial charge in [0, 0.05) is 0 Å². The van der Waals surface area contributed by atoms with Crippen molar-refractivity contribution in [2.45, 2.75) is 81.0 Å². The van der Waals surface area contributed by atoms with Gasteiger partial charge in [-0.2, -0.15) is 83.4 Å². The maximum Gasteiger partial charge on any atom is 0.460 e. The number of hydrogen-bond acceptors (Lipinski definition) is 4. The van der Waals surface area contributed by atoms with E-state index < -0.39 is 79.2 Å². The van der Waals surface area contributed by atoms with Gasteiger partial charge in [-0.1, -0.05) is 13.8 Å². The highest BCUT2D eigenvalue weighted by atomic mass is 19.4. The zero-order chi connectivity index (χ0) is 31.9. The van der Waals surface area contributed by atoms with E-state index in [-0.39, 0.29) is 6.42 Å². The molecule has 39 heavy (non-hydrogen) atoms. The summed E-state index contributed by atoms with van der Waals surface area (Å²) in [5.74, 6) is -36.3. The van der Waals surface area contributed by atoms with E-state index in [2.05, 4.69) is 9.47 Å². The molecule has 234 valence electrons. The molecule has 0 aromatic carbocycles. The van der Waals surface area contributed by atoms with Crippen LogP contribution in [0.2, 0.25) is 0 Å². The minimum atomic E-state index is -8.70. The second-order valence-corrected chi connectivity index (χ2v) is 7.41. The second-order valence-electron chi connectivity index (χ2n) is 7.41. The fourth-order valence-corrected chi connectivity index (χ4v) is 1.92. The molecule has 0 rings (SSSR count). The highest BCUT2D eigenvalue weighted by Gasteiger charge is 2.92. The third-order valence-corrected chi connectivity index (χ3v) is 4.43. The van der Waals surface area contributed by atoms with E-state index >= 15 is 0 Å². The third-order valence-electron chi connectivity index (χ3n) is 4.43. The molecule has 0 aliphatic carbocycles. The van der Waals surface area contributed by atoms with Gasteiger partial charge in [-0.3, -0.25) is 4.79 Å². The maximum atomic E-state index is 13.4.